The second kappa shape index (κ2) is 7.96. The predicted molar refractivity (Wildman–Crippen MR) is 69.9 cm³/mol. The number of nitrogens with zero attached hydrogens (tertiary/aromatic N) is 1. The number of carbonyl (C=O) groups excluding carboxylic acids is 1. The highest BCUT2D eigenvalue weighted by Crippen LogP contribution is 2.12. The summed E-state index contributed by atoms with van der Waals surface area (Å²) in [6, 6.07) is -1.52. The lowest BCUT2D eigenvalue weighted by Crippen LogP contribution is -2.54. The van der Waals surface area contributed by atoms with E-state index >= 15 is 0 Å². The SMILES string of the molecule is CCCN(C(=O)N[C@H](CO)C(=O)O)C1CCNCC1. The lowest BCUT2D eigenvalue weighted by atomic mass is 10.0. The van der Waals surface area contributed by atoms with Crippen LogP contribution in [0.25, 0.3) is 0 Å². The fourth-order valence-electron chi connectivity index (χ4n) is 2.23. The van der Waals surface area contributed by atoms with E-state index in [0.29, 0.717) is 6.54 Å². The molecule has 1 saturated heterocycles. The number of aliphatic carboxylic acids is 1. The molecule has 0 aromatic rings. The van der Waals surface area contributed by atoms with Crippen LogP contribution in [-0.4, -0.2) is 65.4 Å². The number of hydrogen-bond acceptors (Lipinski definition) is 4. The van der Waals surface area contributed by atoms with Crippen molar-refractivity contribution in [1.29, 1.82) is 0 Å². The van der Waals surface area contributed by atoms with E-state index in [9.17, 15) is 9.59 Å². The van der Waals surface area contributed by atoms with Gasteiger partial charge >= 0.3 is 12.0 Å². The third kappa shape index (κ3) is 4.68. The van der Waals surface area contributed by atoms with Gasteiger partial charge in [0.05, 0.1) is 6.61 Å². The molecule has 1 fully saturated rings. The van der Waals surface area contributed by atoms with Gasteiger partial charge in [0.15, 0.2) is 6.04 Å². The fourth-order valence-corrected chi connectivity index (χ4v) is 2.23. The van der Waals surface area contributed by atoms with E-state index in [4.69, 9.17) is 10.2 Å². The smallest absolute Gasteiger partial charge is 0.328 e. The molecule has 4 N–H and O–H groups in total. The molecule has 0 bridgehead atoms. The van der Waals surface area contributed by atoms with Crippen molar-refractivity contribution in [1.82, 2.24) is 15.5 Å². The minimum atomic E-state index is -1.24. The zero-order valence-corrected chi connectivity index (χ0v) is 11.3. The molecule has 0 unspecified atom stereocenters. The molecule has 0 aromatic carbocycles. The Balaban J connectivity index is 2.63. The van der Waals surface area contributed by atoms with Crippen LogP contribution in [0.1, 0.15) is 26.2 Å². The summed E-state index contributed by atoms with van der Waals surface area (Å²) in [6.07, 6.45) is 2.54. The van der Waals surface area contributed by atoms with E-state index in [-0.39, 0.29) is 6.04 Å². The normalized spacial score (nSPS) is 17.8. The molecule has 0 aliphatic carbocycles. The first-order valence-electron chi connectivity index (χ1n) is 6.71. The van der Waals surface area contributed by atoms with Crippen LogP contribution >= 0.6 is 0 Å². The third-order valence-corrected chi connectivity index (χ3v) is 3.25. The molecular weight excluding hydrogens is 250 g/mol. The number of nitrogens with one attached hydrogen (secondary N) is 2. The highest BCUT2D eigenvalue weighted by molar-refractivity contribution is 5.82. The van der Waals surface area contributed by atoms with Crippen LogP contribution in [0.3, 0.4) is 0 Å². The number of carbonyl (C=O) groups is 2. The third-order valence-electron chi connectivity index (χ3n) is 3.25. The molecule has 1 rings (SSSR count). The number of carboxylic acid groups (broad SMARTS) is 1. The van der Waals surface area contributed by atoms with Crippen molar-refractivity contribution in [3.05, 3.63) is 0 Å². The van der Waals surface area contributed by atoms with Gasteiger partial charge in [-0.2, -0.15) is 0 Å². The summed E-state index contributed by atoms with van der Waals surface area (Å²) < 4.78 is 0. The molecule has 1 aliphatic rings. The lowest BCUT2D eigenvalue weighted by Gasteiger charge is -2.35. The number of aliphatic hydroxyl groups excluding tert-OH is 1. The maximum atomic E-state index is 12.1. The van der Waals surface area contributed by atoms with Gasteiger partial charge in [-0.15, -0.1) is 0 Å². The largest absolute Gasteiger partial charge is 0.480 e. The molecule has 2 amide bonds. The van der Waals surface area contributed by atoms with E-state index in [0.717, 1.165) is 32.4 Å². The molecule has 1 atom stereocenters. The highest BCUT2D eigenvalue weighted by atomic mass is 16.4. The first kappa shape index (κ1) is 15.7. The highest BCUT2D eigenvalue weighted by Gasteiger charge is 2.27. The fraction of sp³-hybridized carbons (Fsp3) is 0.833. The zero-order chi connectivity index (χ0) is 14.3. The Morgan fingerprint density at radius 3 is 2.53 bits per heavy atom. The summed E-state index contributed by atoms with van der Waals surface area (Å²) in [7, 11) is 0. The second-order valence-electron chi connectivity index (χ2n) is 4.70. The van der Waals surface area contributed by atoms with E-state index in [1.165, 1.54) is 0 Å². The first-order chi connectivity index (χ1) is 9.10. The maximum Gasteiger partial charge on any atom is 0.328 e. The van der Waals surface area contributed by atoms with Crippen LogP contribution in [0.4, 0.5) is 4.79 Å². The van der Waals surface area contributed by atoms with Crippen LogP contribution in [0.5, 0.6) is 0 Å². The van der Waals surface area contributed by atoms with Crippen molar-refractivity contribution in [3.63, 3.8) is 0 Å². The van der Waals surface area contributed by atoms with Crippen LogP contribution in [0, 0.1) is 0 Å². The van der Waals surface area contributed by atoms with Crippen molar-refractivity contribution in [2.45, 2.75) is 38.3 Å². The number of hydrogen-bond donors (Lipinski definition) is 4. The minimum absolute atomic E-state index is 0.134. The van der Waals surface area contributed by atoms with Gasteiger partial charge in [0.1, 0.15) is 0 Å². The van der Waals surface area contributed by atoms with Crippen molar-refractivity contribution in [2.24, 2.45) is 0 Å². The van der Waals surface area contributed by atoms with Gasteiger partial charge in [0.25, 0.3) is 0 Å². The van der Waals surface area contributed by atoms with E-state index in [1.54, 1.807) is 4.90 Å². The quantitative estimate of drug-likeness (QED) is 0.528. The Labute approximate surface area is 113 Å². The molecule has 1 aliphatic heterocycles. The Morgan fingerprint density at radius 2 is 2.05 bits per heavy atom. The minimum Gasteiger partial charge on any atom is -0.480 e. The predicted octanol–water partition coefficient (Wildman–Crippen LogP) is -0.394. The number of rotatable bonds is 6. The van der Waals surface area contributed by atoms with Crippen molar-refractivity contribution in [2.75, 3.05) is 26.2 Å². The van der Waals surface area contributed by atoms with Gasteiger partial charge in [-0.3, -0.25) is 0 Å². The number of piperidine rings is 1. The average molecular weight is 273 g/mol. The number of amides is 2. The van der Waals surface area contributed by atoms with Gasteiger partial charge in [0, 0.05) is 12.6 Å². The van der Waals surface area contributed by atoms with Gasteiger partial charge in [-0.05, 0) is 32.4 Å². The molecule has 0 saturated carbocycles. The van der Waals surface area contributed by atoms with Crippen LogP contribution < -0.4 is 10.6 Å². The van der Waals surface area contributed by atoms with Crippen LogP contribution in [0.2, 0.25) is 0 Å². The van der Waals surface area contributed by atoms with Gasteiger partial charge in [-0.25, -0.2) is 9.59 Å². The summed E-state index contributed by atoms with van der Waals surface area (Å²) in [6.45, 7) is 3.69. The Hall–Kier alpha value is -1.34. The Morgan fingerprint density at radius 1 is 1.42 bits per heavy atom. The number of urea groups is 1. The summed E-state index contributed by atoms with van der Waals surface area (Å²) >= 11 is 0. The van der Waals surface area contributed by atoms with Crippen molar-refractivity contribution >= 4 is 12.0 Å². The molecule has 0 radical (unpaired) electrons. The van der Waals surface area contributed by atoms with Gasteiger partial charge in [0.2, 0.25) is 0 Å². The van der Waals surface area contributed by atoms with E-state index < -0.39 is 24.6 Å². The molecule has 1 heterocycles. The molecular formula is C12H23N3O4. The molecule has 19 heavy (non-hydrogen) atoms. The molecule has 0 aromatic heterocycles. The molecule has 7 heteroatoms. The van der Waals surface area contributed by atoms with Crippen molar-refractivity contribution in [3.8, 4) is 0 Å². The van der Waals surface area contributed by atoms with Crippen molar-refractivity contribution < 1.29 is 19.8 Å². The lowest BCUT2D eigenvalue weighted by molar-refractivity contribution is -0.140. The summed E-state index contributed by atoms with van der Waals surface area (Å²) in [5, 5.41) is 23.4. The molecule has 7 nitrogen and oxygen atoms in total. The topological polar surface area (TPSA) is 102 Å². The van der Waals surface area contributed by atoms with Crippen LogP contribution in [-0.2, 0) is 4.79 Å². The van der Waals surface area contributed by atoms with Gasteiger partial charge in [-0.1, -0.05) is 6.92 Å². The monoisotopic (exact) mass is 273 g/mol. The van der Waals surface area contributed by atoms with E-state index in [2.05, 4.69) is 10.6 Å². The average Bonchev–Trinajstić information content (AvgIpc) is 2.42. The van der Waals surface area contributed by atoms with Gasteiger partial charge < -0.3 is 25.7 Å². The summed E-state index contributed by atoms with van der Waals surface area (Å²) in [5.41, 5.74) is 0. The Bertz CT molecular complexity index is 305. The summed E-state index contributed by atoms with van der Waals surface area (Å²) in [5.74, 6) is -1.22. The standard InChI is InChI=1S/C12H23N3O4/c1-2-7-15(9-3-5-13-6-4-9)12(19)14-10(8-16)11(17)18/h9-10,13,16H,2-8H2,1H3,(H,14,19)(H,17,18)/t10-/m1/s1. The van der Waals surface area contributed by atoms with E-state index in [1.807, 2.05) is 6.92 Å². The Kier molecular flexibility index (Phi) is 6.58. The van der Waals surface area contributed by atoms with Crippen LogP contribution in [0.15, 0.2) is 0 Å². The number of carboxylic acids is 1. The number of aliphatic hydroxyl groups is 1. The zero-order valence-electron chi connectivity index (χ0n) is 11.3. The molecule has 0 spiro atoms. The first-order valence-corrected chi connectivity index (χ1v) is 6.71. The molecule has 110 valence electrons. The maximum absolute atomic E-state index is 12.1. The second-order valence-corrected chi connectivity index (χ2v) is 4.70. The summed E-state index contributed by atoms with van der Waals surface area (Å²) in [4.78, 5) is 24.6.